The van der Waals surface area contributed by atoms with E-state index in [0.29, 0.717) is 26.4 Å². The molecule has 0 atom stereocenters. The zero-order valence-electron chi connectivity index (χ0n) is 10.7. The van der Waals surface area contributed by atoms with Crippen molar-refractivity contribution in [3.05, 3.63) is 58.1 Å². The number of Topliss-reactive ketones (excluding diaryl/α,β-unsaturated/α-hetero) is 1. The zero-order chi connectivity index (χ0) is 14.8. The van der Waals surface area contributed by atoms with E-state index in [1.165, 1.54) is 11.8 Å². The smallest absolute Gasteiger partial charge is 0.257 e. The quantitative estimate of drug-likeness (QED) is 0.490. The Morgan fingerprint density at radius 2 is 2.00 bits per heavy atom. The largest absolute Gasteiger partial charge is 0.431 e. The molecule has 1 aromatic heterocycles. The van der Waals surface area contributed by atoms with Crippen molar-refractivity contribution >= 4 is 51.8 Å². The van der Waals surface area contributed by atoms with Crippen LogP contribution in [0, 0.1) is 0 Å². The Bertz CT molecular complexity index is 783. The number of thioether (sulfide) groups is 1. The van der Waals surface area contributed by atoms with Gasteiger partial charge in [-0.25, -0.2) is 4.98 Å². The molecule has 0 radical (unpaired) electrons. The third-order valence-corrected chi connectivity index (χ3v) is 4.21. The first-order chi connectivity index (χ1) is 10.1. The summed E-state index contributed by atoms with van der Waals surface area (Å²) in [5.74, 6) is 0.109. The van der Waals surface area contributed by atoms with Crippen molar-refractivity contribution in [1.82, 2.24) is 4.98 Å². The van der Waals surface area contributed by atoms with Crippen LogP contribution >= 0.6 is 35.0 Å². The summed E-state index contributed by atoms with van der Waals surface area (Å²) >= 11 is 13.1. The highest BCUT2D eigenvalue weighted by Crippen LogP contribution is 2.26. The molecule has 0 saturated carbocycles. The first kappa shape index (κ1) is 14.4. The average molecular weight is 338 g/mol. The van der Waals surface area contributed by atoms with Crippen LogP contribution in [0.25, 0.3) is 11.1 Å². The van der Waals surface area contributed by atoms with Gasteiger partial charge in [-0.3, -0.25) is 4.79 Å². The van der Waals surface area contributed by atoms with Crippen molar-refractivity contribution in [2.45, 2.75) is 5.22 Å². The van der Waals surface area contributed by atoms with Crippen molar-refractivity contribution in [2.75, 3.05) is 5.75 Å². The van der Waals surface area contributed by atoms with Gasteiger partial charge in [0.2, 0.25) is 0 Å². The van der Waals surface area contributed by atoms with Crippen LogP contribution in [0.4, 0.5) is 0 Å². The second kappa shape index (κ2) is 6.10. The topological polar surface area (TPSA) is 43.1 Å². The molecular formula is C15H9Cl2NO2S. The summed E-state index contributed by atoms with van der Waals surface area (Å²) in [6, 6.07) is 12.3. The summed E-state index contributed by atoms with van der Waals surface area (Å²) < 4.78 is 5.55. The van der Waals surface area contributed by atoms with Gasteiger partial charge in [-0.2, -0.15) is 0 Å². The van der Waals surface area contributed by atoms with E-state index in [1.54, 1.807) is 18.2 Å². The van der Waals surface area contributed by atoms with Gasteiger partial charge < -0.3 is 4.42 Å². The number of nitrogens with zero attached hydrogens (tertiary/aromatic N) is 1. The SMILES string of the molecule is O=C(CSc1nc2ccccc2o1)c1ccc(Cl)cc1Cl. The van der Waals surface area contributed by atoms with Gasteiger partial charge in [0.15, 0.2) is 11.4 Å². The lowest BCUT2D eigenvalue weighted by Gasteiger charge is -2.02. The number of halogens is 2. The van der Waals surface area contributed by atoms with Crippen molar-refractivity contribution in [2.24, 2.45) is 0 Å². The number of hydrogen-bond donors (Lipinski definition) is 0. The Hall–Kier alpha value is -1.49. The highest BCUT2D eigenvalue weighted by atomic mass is 35.5. The molecule has 0 aliphatic carbocycles. The molecule has 21 heavy (non-hydrogen) atoms. The van der Waals surface area contributed by atoms with Crippen LogP contribution in [0.15, 0.2) is 52.1 Å². The average Bonchev–Trinajstić information content (AvgIpc) is 2.87. The van der Waals surface area contributed by atoms with Crippen LogP contribution < -0.4 is 0 Å². The van der Waals surface area contributed by atoms with Gasteiger partial charge in [0.1, 0.15) is 5.52 Å². The van der Waals surface area contributed by atoms with E-state index in [-0.39, 0.29) is 11.5 Å². The van der Waals surface area contributed by atoms with E-state index in [9.17, 15) is 4.79 Å². The Morgan fingerprint density at radius 3 is 2.76 bits per heavy atom. The number of ketones is 1. The second-order valence-corrected chi connectivity index (χ2v) is 6.05. The minimum absolute atomic E-state index is 0.0936. The fourth-order valence-corrected chi connectivity index (χ4v) is 3.07. The number of benzene rings is 2. The van der Waals surface area contributed by atoms with E-state index in [4.69, 9.17) is 27.6 Å². The van der Waals surface area contributed by atoms with E-state index in [0.717, 1.165) is 5.52 Å². The minimum atomic E-state index is -0.0936. The maximum absolute atomic E-state index is 12.1. The molecule has 0 unspecified atom stereocenters. The Balaban J connectivity index is 1.73. The van der Waals surface area contributed by atoms with Crippen LogP contribution in [0.5, 0.6) is 0 Å². The van der Waals surface area contributed by atoms with Crippen molar-refractivity contribution in [3.63, 3.8) is 0 Å². The Kier molecular flexibility index (Phi) is 4.19. The monoisotopic (exact) mass is 337 g/mol. The van der Waals surface area contributed by atoms with Gasteiger partial charge in [0.25, 0.3) is 5.22 Å². The molecule has 3 nitrogen and oxygen atoms in total. The van der Waals surface area contributed by atoms with E-state index in [2.05, 4.69) is 4.98 Å². The molecular weight excluding hydrogens is 329 g/mol. The number of aromatic nitrogens is 1. The van der Waals surface area contributed by atoms with Crippen molar-refractivity contribution in [3.8, 4) is 0 Å². The van der Waals surface area contributed by atoms with Gasteiger partial charge >= 0.3 is 0 Å². The summed E-state index contributed by atoms with van der Waals surface area (Å²) in [6.45, 7) is 0. The fourth-order valence-electron chi connectivity index (χ4n) is 1.83. The Morgan fingerprint density at radius 1 is 1.19 bits per heavy atom. The maximum atomic E-state index is 12.1. The molecule has 6 heteroatoms. The molecule has 3 rings (SSSR count). The molecule has 0 amide bonds. The number of hydrogen-bond acceptors (Lipinski definition) is 4. The third-order valence-electron chi connectivity index (χ3n) is 2.83. The highest BCUT2D eigenvalue weighted by Gasteiger charge is 2.13. The Labute approximate surface area is 135 Å². The van der Waals surface area contributed by atoms with Gasteiger partial charge in [-0.15, -0.1) is 0 Å². The number of carbonyl (C=O) groups excluding carboxylic acids is 1. The normalized spacial score (nSPS) is 11.0. The van der Waals surface area contributed by atoms with Crippen LogP contribution in [-0.2, 0) is 0 Å². The molecule has 0 aliphatic heterocycles. The van der Waals surface area contributed by atoms with E-state index in [1.807, 2.05) is 24.3 Å². The summed E-state index contributed by atoms with van der Waals surface area (Å²) in [7, 11) is 0. The maximum Gasteiger partial charge on any atom is 0.257 e. The lowest BCUT2D eigenvalue weighted by atomic mass is 10.1. The number of rotatable bonds is 4. The van der Waals surface area contributed by atoms with Gasteiger partial charge in [-0.05, 0) is 30.3 Å². The lowest BCUT2D eigenvalue weighted by Crippen LogP contribution is -2.03. The second-order valence-electron chi connectivity index (χ2n) is 4.28. The summed E-state index contributed by atoms with van der Waals surface area (Å²) in [5.41, 5.74) is 1.93. The number of fused-ring (bicyclic) bond motifs is 1. The number of para-hydroxylation sites is 2. The van der Waals surface area contributed by atoms with E-state index >= 15 is 0 Å². The summed E-state index contributed by atoms with van der Waals surface area (Å²) in [6.07, 6.45) is 0. The van der Waals surface area contributed by atoms with Crippen molar-refractivity contribution in [1.29, 1.82) is 0 Å². The van der Waals surface area contributed by atoms with Gasteiger partial charge in [0, 0.05) is 10.6 Å². The lowest BCUT2D eigenvalue weighted by molar-refractivity contribution is 0.102. The summed E-state index contributed by atoms with van der Waals surface area (Å²) in [5, 5.41) is 1.32. The minimum Gasteiger partial charge on any atom is -0.431 e. The molecule has 0 spiro atoms. The first-order valence-electron chi connectivity index (χ1n) is 6.10. The van der Waals surface area contributed by atoms with Crippen LogP contribution in [0.3, 0.4) is 0 Å². The molecule has 3 aromatic rings. The van der Waals surface area contributed by atoms with E-state index < -0.39 is 0 Å². The molecule has 0 N–H and O–H groups in total. The zero-order valence-corrected chi connectivity index (χ0v) is 13.0. The standard InChI is InChI=1S/C15H9Cl2NO2S/c16-9-5-6-10(11(17)7-9)13(19)8-21-15-18-12-3-1-2-4-14(12)20-15/h1-7H,8H2. The fraction of sp³-hybridized carbons (Fsp3) is 0.0667. The molecule has 0 fully saturated rings. The van der Waals surface area contributed by atoms with Crippen LogP contribution in [-0.4, -0.2) is 16.5 Å². The predicted octanol–water partition coefficient (Wildman–Crippen LogP) is 5.11. The first-order valence-corrected chi connectivity index (χ1v) is 7.84. The molecule has 2 aromatic carbocycles. The number of oxazole rings is 1. The summed E-state index contributed by atoms with van der Waals surface area (Å²) in [4.78, 5) is 16.5. The molecule has 0 saturated heterocycles. The van der Waals surface area contributed by atoms with Crippen LogP contribution in [0.1, 0.15) is 10.4 Å². The molecule has 0 bridgehead atoms. The number of carbonyl (C=O) groups is 1. The van der Waals surface area contributed by atoms with Crippen molar-refractivity contribution < 1.29 is 9.21 Å². The molecule has 0 aliphatic rings. The third kappa shape index (κ3) is 3.23. The molecule has 106 valence electrons. The highest BCUT2D eigenvalue weighted by molar-refractivity contribution is 7.99. The van der Waals surface area contributed by atoms with Crippen LogP contribution in [0.2, 0.25) is 10.0 Å². The van der Waals surface area contributed by atoms with Gasteiger partial charge in [0.05, 0.1) is 10.8 Å². The predicted molar refractivity (Wildman–Crippen MR) is 85.5 cm³/mol. The van der Waals surface area contributed by atoms with Gasteiger partial charge in [-0.1, -0.05) is 47.1 Å². The molecule has 1 heterocycles.